The van der Waals surface area contributed by atoms with Gasteiger partial charge in [-0.3, -0.25) is 14.0 Å². The van der Waals surface area contributed by atoms with Gasteiger partial charge in [0.05, 0.1) is 32.3 Å². The molecule has 0 amide bonds. The molecule has 2 atom stereocenters. The van der Waals surface area contributed by atoms with E-state index in [9.17, 15) is 31.2 Å². The third-order valence-electron chi connectivity index (χ3n) is 10.8. The van der Waals surface area contributed by atoms with Gasteiger partial charge in [0, 0.05) is 44.0 Å². The van der Waals surface area contributed by atoms with Crippen molar-refractivity contribution in [1.29, 1.82) is 0 Å². The van der Waals surface area contributed by atoms with Gasteiger partial charge in [-0.1, -0.05) is 24.3 Å². The average molecular weight is 818 g/mol. The maximum absolute atomic E-state index is 14.6. The number of halogens is 3. The highest BCUT2D eigenvalue weighted by Gasteiger charge is 2.47. The monoisotopic (exact) mass is 817 g/mol. The summed E-state index contributed by atoms with van der Waals surface area (Å²) in [5.41, 5.74) is 0.150. The summed E-state index contributed by atoms with van der Waals surface area (Å²) in [6.45, 7) is 13.0. The Kier molecular flexibility index (Phi) is 11.4. The minimum Gasteiger partial charge on any atom is -0.470 e. The Morgan fingerprint density at radius 2 is 1.77 bits per heavy atom. The fourth-order valence-electron chi connectivity index (χ4n) is 7.82. The number of esters is 2. The van der Waals surface area contributed by atoms with E-state index in [4.69, 9.17) is 18.9 Å². The fraction of sp³-hybridized carbons (Fsp3) is 0.550. The molecule has 6 rings (SSSR count). The molecular formula is C40H50F3N5O8S. The molecule has 0 bridgehead atoms. The van der Waals surface area contributed by atoms with Gasteiger partial charge >= 0.3 is 18.1 Å². The Morgan fingerprint density at radius 1 is 1.07 bits per heavy atom. The van der Waals surface area contributed by atoms with Crippen molar-refractivity contribution in [2.24, 2.45) is 5.41 Å². The van der Waals surface area contributed by atoms with Gasteiger partial charge in [-0.25, -0.2) is 8.42 Å². The number of hydrogen-bond donors (Lipinski definition) is 1. The van der Waals surface area contributed by atoms with Crippen molar-refractivity contribution >= 4 is 27.6 Å². The number of nitrogens with one attached hydrogen (secondary N) is 1. The summed E-state index contributed by atoms with van der Waals surface area (Å²) in [7, 11) is -2.91. The molecule has 1 N–H and O–H groups in total. The summed E-state index contributed by atoms with van der Waals surface area (Å²) in [5.74, 6) is -2.73. The first kappa shape index (κ1) is 42.1. The van der Waals surface area contributed by atoms with Crippen LogP contribution in [0.3, 0.4) is 0 Å². The zero-order chi connectivity index (χ0) is 41.7. The lowest BCUT2D eigenvalue weighted by atomic mass is 9.70. The molecule has 3 aromatic rings. The van der Waals surface area contributed by atoms with Crippen LogP contribution in [0.25, 0.3) is 5.65 Å². The van der Waals surface area contributed by atoms with Crippen molar-refractivity contribution in [2.75, 3.05) is 26.9 Å². The van der Waals surface area contributed by atoms with Crippen LogP contribution in [-0.4, -0.2) is 83.4 Å². The topological polar surface area (TPSA) is 151 Å². The van der Waals surface area contributed by atoms with Crippen LogP contribution in [0.1, 0.15) is 99.9 Å². The predicted molar refractivity (Wildman–Crippen MR) is 203 cm³/mol. The molecular weight excluding hydrogens is 768 g/mol. The maximum atomic E-state index is 14.6. The van der Waals surface area contributed by atoms with Crippen molar-refractivity contribution in [2.45, 2.75) is 110 Å². The average Bonchev–Trinajstić information content (AvgIpc) is 3.55. The number of sulfonamides is 1. The number of aryl methyl sites for hydroxylation is 2. The third kappa shape index (κ3) is 8.56. The molecule has 1 aromatic carbocycles. The highest BCUT2D eigenvalue weighted by molar-refractivity contribution is 7.93. The van der Waals surface area contributed by atoms with Crippen LogP contribution < -0.4 is 5.32 Å². The summed E-state index contributed by atoms with van der Waals surface area (Å²) >= 11 is 0. The molecule has 0 aliphatic carbocycles. The van der Waals surface area contributed by atoms with Crippen LogP contribution in [0.15, 0.2) is 53.4 Å². The largest absolute Gasteiger partial charge is 0.470 e. The predicted octanol–water partition coefficient (Wildman–Crippen LogP) is 6.23. The van der Waals surface area contributed by atoms with E-state index in [1.54, 1.807) is 47.6 Å². The number of nitrogens with zero attached hydrogens (tertiary/aromatic N) is 4. The summed E-state index contributed by atoms with van der Waals surface area (Å²) in [6.07, 6.45) is 1.07. The molecule has 0 saturated carbocycles. The van der Waals surface area contributed by atoms with Crippen molar-refractivity contribution in [1.82, 2.24) is 24.2 Å². The molecule has 1 spiro atoms. The molecule has 17 heteroatoms. The maximum Gasteiger partial charge on any atom is 0.452 e. The Balaban J connectivity index is 1.38. The number of alkyl halides is 3. The number of ether oxygens (including phenoxy) is 4. The molecule has 1 saturated heterocycles. The van der Waals surface area contributed by atoms with E-state index in [1.165, 1.54) is 29.8 Å². The van der Waals surface area contributed by atoms with E-state index in [0.717, 1.165) is 9.96 Å². The van der Waals surface area contributed by atoms with Crippen LogP contribution in [0.5, 0.6) is 0 Å². The summed E-state index contributed by atoms with van der Waals surface area (Å²) in [6, 6.07) is 6.65. The van der Waals surface area contributed by atoms with Crippen molar-refractivity contribution < 1.29 is 50.1 Å². The molecule has 3 aliphatic rings. The van der Waals surface area contributed by atoms with Crippen molar-refractivity contribution in [3.05, 3.63) is 87.0 Å². The second-order valence-electron chi connectivity index (χ2n) is 16.5. The fourth-order valence-corrected chi connectivity index (χ4v) is 9.40. The van der Waals surface area contributed by atoms with Crippen molar-refractivity contribution in [3.63, 3.8) is 0 Å². The first-order valence-corrected chi connectivity index (χ1v) is 20.3. The van der Waals surface area contributed by atoms with Gasteiger partial charge in [-0.2, -0.15) is 17.5 Å². The number of dihydropyridines is 1. The summed E-state index contributed by atoms with van der Waals surface area (Å²) in [4.78, 5) is 25.9. The van der Waals surface area contributed by atoms with Gasteiger partial charge in [-0.05, 0) is 94.8 Å². The molecule has 2 aromatic heterocycles. The van der Waals surface area contributed by atoms with Crippen LogP contribution in [0.4, 0.5) is 13.2 Å². The molecule has 310 valence electrons. The minimum absolute atomic E-state index is 0.0134. The molecule has 1 unspecified atom stereocenters. The lowest BCUT2D eigenvalue weighted by Crippen LogP contribution is -2.49. The van der Waals surface area contributed by atoms with Gasteiger partial charge in [0.1, 0.15) is 16.1 Å². The van der Waals surface area contributed by atoms with E-state index < -0.39 is 50.5 Å². The molecule has 57 heavy (non-hydrogen) atoms. The number of pyridine rings is 1. The molecule has 3 aliphatic heterocycles. The SMILES string of the molecule is COC(=O)C(C)(C)[C@H](c1ccc(C)c(CN2CC3(CCOCC3)OC3=C(C=CC(CCC(=O)OC(C)(C)C)N3)S2(=O)=O)c1)c1ccn2c(C(F)(F)F)nnc2c1C. The lowest BCUT2D eigenvalue weighted by Gasteiger charge is -2.39. The summed E-state index contributed by atoms with van der Waals surface area (Å²) in [5, 5.41) is 10.5. The number of benzene rings is 1. The zero-order valence-electron chi connectivity index (χ0n) is 33.4. The number of aromatic nitrogens is 3. The highest BCUT2D eigenvalue weighted by atomic mass is 32.2. The Bertz CT molecular complexity index is 2220. The number of hydrogen-bond acceptors (Lipinski definition) is 11. The second kappa shape index (κ2) is 15.4. The van der Waals surface area contributed by atoms with Crippen LogP contribution in [0.2, 0.25) is 0 Å². The Labute approximate surface area is 330 Å². The standard InChI is InChI=1S/C40H50F3N5O8S/c1-24-9-10-26(32(38(6,7)36(50)53-8)29-15-18-48-33(25(29)2)45-46-35(48)40(41,42)43)21-27(24)22-47-23-39(16-19-54-20-17-39)56-34-30(57(47,51)52)13-11-28(44-34)12-14-31(49)55-37(3,4)5/h9-11,13,15,18,21,28,32,44H,12,14,16-17,19-20,22-23H2,1-8H3/t28?,32-/m1/s1. The number of methoxy groups -OCH3 is 1. The number of allylic oxidation sites excluding steroid dienone is 1. The molecule has 0 radical (unpaired) electrons. The highest BCUT2D eigenvalue weighted by Crippen LogP contribution is 2.45. The van der Waals surface area contributed by atoms with Gasteiger partial charge in [0.25, 0.3) is 0 Å². The zero-order valence-corrected chi connectivity index (χ0v) is 34.3. The number of carbonyl (C=O) groups is 2. The molecule has 1 fully saturated rings. The molecule has 5 heterocycles. The van der Waals surface area contributed by atoms with E-state index in [2.05, 4.69) is 15.5 Å². The minimum atomic E-state index is -4.74. The first-order chi connectivity index (χ1) is 26.6. The van der Waals surface area contributed by atoms with Gasteiger partial charge in [-0.15, -0.1) is 10.2 Å². The quantitative estimate of drug-likeness (QED) is 0.245. The Hall–Kier alpha value is -4.48. The number of fused-ring (bicyclic) bond motifs is 1. The van der Waals surface area contributed by atoms with Crippen molar-refractivity contribution in [3.8, 4) is 0 Å². The van der Waals surface area contributed by atoms with Gasteiger partial charge in [0.2, 0.25) is 21.7 Å². The normalized spacial score (nSPS) is 20.4. The van der Waals surface area contributed by atoms with E-state index in [1.807, 2.05) is 25.1 Å². The smallest absolute Gasteiger partial charge is 0.452 e. The Morgan fingerprint density at radius 3 is 2.42 bits per heavy atom. The van der Waals surface area contributed by atoms with E-state index in [-0.39, 0.29) is 48.0 Å². The van der Waals surface area contributed by atoms with Crippen LogP contribution >= 0.6 is 0 Å². The van der Waals surface area contributed by atoms with Crippen LogP contribution in [0, 0.1) is 19.3 Å². The van der Waals surface area contributed by atoms with E-state index in [0.29, 0.717) is 54.7 Å². The summed E-state index contributed by atoms with van der Waals surface area (Å²) < 4.78 is 95.8. The third-order valence-corrected chi connectivity index (χ3v) is 12.6. The second-order valence-corrected chi connectivity index (χ2v) is 18.4. The van der Waals surface area contributed by atoms with Crippen LogP contribution in [-0.2, 0) is 51.3 Å². The van der Waals surface area contributed by atoms with E-state index >= 15 is 0 Å². The first-order valence-electron chi connectivity index (χ1n) is 18.8. The van der Waals surface area contributed by atoms with Gasteiger partial charge < -0.3 is 24.3 Å². The number of rotatable bonds is 9. The lowest BCUT2D eigenvalue weighted by molar-refractivity contribution is -0.155. The number of carbonyl (C=O) groups excluding carboxylic acids is 2. The molecule has 13 nitrogen and oxygen atoms in total. The van der Waals surface area contributed by atoms with Gasteiger partial charge in [0.15, 0.2) is 5.65 Å².